The third kappa shape index (κ3) is 3.65. The lowest BCUT2D eigenvalue weighted by Gasteiger charge is -2.09. The first kappa shape index (κ1) is 16.0. The molecule has 6 nitrogen and oxygen atoms in total. The molecular formula is C16H21N3O3. The van der Waals surface area contributed by atoms with Crippen molar-refractivity contribution in [2.45, 2.75) is 20.0 Å². The Morgan fingerprint density at radius 1 is 1.18 bits per heavy atom. The van der Waals surface area contributed by atoms with Crippen molar-refractivity contribution in [2.75, 3.05) is 6.61 Å². The van der Waals surface area contributed by atoms with Crippen molar-refractivity contribution in [3.05, 3.63) is 62.4 Å². The van der Waals surface area contributed by atoms with E-state index in [4.69, 9.17) is 4.74 Å². The minimum Gasteiger partial charge on any atom is -0.494 e. The molecule has 1 aromatic carbocycles. The molecule has 0 aliphatic carbocycles. The largest absolute Gasteiger partial charge is 0.494 e. The maximum absolute atomic E-state index is 12.0. The third-order valence-corrected chi connectivity index (χ3v) is 3.37. The average molecular weight is 303 g/mol. The minimum absolute atomic E-state index is 0.265. The van der Waals surface area contributed by atoms with Gasteiger partial charge in [0.15, 0.2) is 0 Å². The molecule has 0 aliphatic rings. The maximum atomic E-state index is 12.0. The molecule has 1 heterocycles. The van der Waals surface area contributed by atoms with E-state index in [2.05, 4.69) is 5.32 Å². The number of hydrogen-bond acceptors (Lipinski definition) is 4. The van der Waals surface area contributed by atoms with Crippen LogP contribution in [0.4, 0.5) is 0 Å². The topological polar surface area (TPSA) is 65.3 Å². The van der Waals surface area contributed by atoms with Gasteiger partial charge in [0.1, 0.15) is 5.75 Å². The second-order valence-electron chi connectivity index (χ2n) is 5.10. The quantitative estimate of drug-likeness (QED) is 0.856. The standard InChI is InChI=1S/C16H21N3O3/c1-4-22-14-7-5-6-12(8-14)9-17-10-13-11-18(2)16(21)19(3)15(13)20/h5-8,11,17H,4,9-10H2,1-3H3. The third-order valence-electron chi connectivity index (χ3n) is 3.37. The maximum Gasteiger partial charge on any atom is 0.330 e. The van der Waals surface area contributed by atoms with Crippen LogP contribution in [0.25, 0.3) is 0 Å². The summed E-state index contributed by atoms with van der Waals surface area (Å²) in [6.45, 7) is 3.60. The van der Waals surface area contributed by atoms with E-state index in [9.17, 15) is 9.59 Å². The zero-order valence-corrected chi connectivity index (χ0v) is 13.1. The molecule has 1 aromatic heterocycles. The molecule has 118 valence electrons. The number of aromatic nitrogens is 2. The Balaban J connectivity index is 2.04. The van der Waals surface area contributed by atoms with Gasteiger partial charge in [0.05, 0.1) is 6.61 Å². The van der Waals surface area contributed by atoms with Crippen LogP contribution in [0, 0.1) is 0 Å². The minimum atomic E-state index is -0.321. The predicted octanol–water partition coefficient (Wildman–Crippen LogP) is 0.772. The molecule has 0 aliphatic heterocycles. The fourth-order valence-corrected chi connectivity index (χ4v) is 2.26. The smallest absolute Gasteiger partial charge is 0.330 e. The summed E-state index contributed by atoms with van der Waals surface area (Å²) in [6.07, 6.45) is 1.58. The number of ether oxygens (including phenoxy) is 1. The summed E-state index contributed by atoms with van der Waals surface area (Å²) < 4.78 is 7.98. The van der Waals surface area contributed by atoms with Crippen LogP contribution in [0.5, 0.6) is 5.75 Å². The molecule has 0 saturated carbocycles. The van der Waals surface area contributed by atoms with Gasteiger partial charge in [-0.2, -0.15) is 0 Å². The fourth-order valence-electron chi connectivity index (χ4n) is 2.26. The van der Waals surface area contributed by atoms with E-state index < -0.39 is 0 Å². The first-order valence-corrected chi connectivity index (χ1v) is 7.21. The Hall–Kier alpha value is -2.34. The van der Waals surface area contributed by atoms with Gasteiger partial charge in [0, 0.05) is 38.9 Å². The molecule has 2 aromatic rings. The molecule has 0 radical (unpaired) electrons. The zero-order valence-electron chi connectivity index (χ0n) is 13.1. The number of nitrogens with one attached hydrogen (secondary N) is 1. The number of rotatable bonds is 6. The fraction of sp³-hybridized carbons (Fsp3) is 0.375. The summed E-state index contributed by atoms with van der Waals surface area (Å²) in [5.74, 6) is 0.833. The van der Waals surface area contributed by atoms with Crippen molar-refractivity contribution in [3.63, 3.8) is 0 Å². The molecule has 1 N–H and O–H groups in total. The van der Waals surface area contributed by atoms with E-state index in [-0.39, 0.29) is 11.2 Å². The lowest BCUT2D eigenvalue weighted by molar-refractivity contribution is 0.340. The lowest BCUT2D eigenvalue weighted by Crippen LogP contribution is -2.39. The van der Waals surface area contributed by atoms with E-state index in [1.165, 1.54) is 11.6 Å². The molecule has 0 amide bonds. The molecule has 6 heteroatoms. The highest BCUT2D eigenvalue weighted by molar-refractivity contribution is 5.28. The normalized spacial score (nSPS) is 10.7. The number of nitrogens with zero attached hydrogens (tertiary/aromatic N) is 2. The summed E-state index contributed by atoms with van der Waals surface area (Å²) in [5.41, 5.74) is 1.05. The van der Waals surface area contributed by atoms with E-state index >= 15 is 0 Å². The zero-order chi connectivity index (χ0) is 16.1. The van der Waals surface area contributed by atoms with Crippen LogP contribution in [0.1, 0.15) is 18.1 Å². The molecule has 0 atom stereocenters. The van der Waals surface area contributed by atoms with Gasteiger partial charge in [-0.3, -0.25) is 9.36 Å². The molecular weight excluding hydrogens is 282 g/mol. The van der Waals surface area contributed by atoms with Gasteiger partial charge in [-0.05, 0) is 24.6 Å². The summed E-state index contributed by atoms with van der Waals surface area (Å²) in [5, 5.41) is 3.22. The Bertz CT molecular complexity index is 762. The Morgan fingerprint density at radius 3 is 2.68 bits per heavy atom. The van der Waals surface area contributed by atoms with Gasteiger partial charge in [-0.25, -0.2) is 4.79 Å². The highest BCUT2D eigenvalue weighted by Crippen LogP contribution is 2.13. The highest BCUT2D eigenvalue weighted by Gasteiger charge is 2.06. The highest BCUT2D eigenvalue weighted by atomic mass is 16.5. The van der Waals surface area contributed by atoms with Crippen molar-refractivity contribution in [1.29, 1.82) is 0 Å². The van der Waals surface area contributed by atoms with Crippen molar-refractivity contribution >= 4 is 0 Å². The van der Waals surface area contributed by atoms with Gasteiger partial charge in [-0.1, -0.05) is 12.1 Å². The van der Waals surface area contributed by atoms with Crippen molar-refractivity contribution in [2.24, 2.45) is 14.1 Å². The van der Waals surface area contributed by atoms with Gasteiger partial charge in [0.2, 0.25) is 0 Å². The molecule has 2 rings (SSSR count). The Labute approximate surface area is 129 Å². The molecule has 0 unspecified atom stereocenters. The number of benzene rings is 1. The molecule has 0 spiro atoms. The predicted molar refractivity (Wildman–Crippen MR) is 85.1 cm³/mol. The first-order chi connectivity index (χ1) is 10.5. The van der Waals surface area contributed by atoms with Crippen LogP contribution in [-0.2, 0) is 27.2 Å². The number of aryl methyl sites for hydroxylation is 1. The van der Waals surface area contributed by atoms with Crippen molar-refractivity contribution < 1.29 is 4.74 Å². The summed E-state index contributed by atoms with van der Waals surface area (Å²) in [6, 6.07) is 7.81. The molecule has 0 bridgehead atoms. The molecule has 0 saturated heterocycles. The van der Waals surface area contributed by atoms with Crippen LogP contribution < -0.4 is 21.3 Å². The van der Waals surface area contributed by atoms with Crippen LogP contribution in [0.3, 0.4) is 0 Å². The van der Waals surface area contributed by atoms with Crippen LogP contribution in [0.2, 0.25) is 0 Å². The summed E-state index contributed by atoms with van der Waals surface area (Å²) in [4.78, 5) is 23.6. The summed E-state index contributed by atoms with van der Waals surface area (Å²) >= 11 is 0. The lowest BCUT2D eigenvalue weighted by atomic mass is 10.2. The first-order valence-electron chi connectivity index (χ1n) is 7.21. The molecule has 22 heavy (non-hydrogen) atoms. The van der Waals surface area contributed by atoms with E-state index in [1.54, 1.807) is 13.2 Å². The van der Waals surface area contributed by atoms with E-state index in [1.807, 2.05) is 31.2 Å². The second-order valence-corrected chi connectivity index (χ2v) is 5.10. The second kappa shape index (κ2) is 7.09. The molecule has 0 fully saturated rings. The van der Waals surface area contributed by atoms with Crippen LogP contribution in [0.15, 0.2) is 40.1 Å². The van der Waals surface area contributed by atoms with Crippen molar-refractivity contribution in [1.82, 2.24) is 14.5 Å². The Kier molecular flexibility index (Phi) is 5.16. The van der Waals surface area contributed by atoms with Crippen LogP contribution >= 0.6 is 0 Å². The van der Waals surface area contributed by atoms with Crippen LogP contribution in [-0.4, -0.2) is 15.7 Å². The van der Waals surface area contributed by atoms with E-state index in [0.717, 1.165) is 15.9 Å². The van der Waals surface area contributed by atoms with Gasteiger partial charge < -0.3 is 14.6 Å². The van der Waals surface area contributed by atoms with Gasteiger partial charge in [-0.15, -0.1) is 0 Å². The monoisotopic (exact) mass is 303 g/mol. The SMILES string of the molecule is CCOc1cccc(CNCc2cn(C)c(=O)n(C)c2=O)c1. The number of hydrogen-bond donors (Lipinski definition) is 1. The Morgan fingerprint density at radius 2 is 1.95 bits per heavy atom. The average Bonchev–Trinajstić information content (AvgIpc) is 2.51. The van der Waals surface area contributed by atoms with Gasteiger partial charge in [0.25, 0.3) is 5.56 Å². The van der Waals surface area contributed by atoms with Gasteiger partial charge >= 0.3 is 5.69 Å². The van der Waals surface area contributed by atoms with Crippen molar-refractivity contribution in [3.8, 4) is 5.75 Å². The summed E-state index contributed by atoms with van der Waals surface area (Å²) in [7, 11) is 3.12. The van der Waals surface area contributed by atoms with E-state index in [0.29, 0.717) is 25.3 Å².